The molecule has 0 saturated carbocycles. The third kappa shape index (κ3) is 3.37. The first-order valence-corrected chi connectivity index (χ1v) is 5.90. The summed E-state index contributed by atoms with van der Waals surface area (Å²) < 4.78 is 5.13. The number of rotatable bonds is 4. The van der Waals surface area contributed by atoms with Gasteiger partial charge in [0.15, 0.2) is 11.5 Å². The second-order valence-corrected chi connectivity index (χ2v) is 3.70. The first kappa shape index (κ1) is 13.4. The molecule has 1 amide bonds. The molecule has 0 aliphatic carbocycles. The Bertz CT molecular complexity index is 386. The van der Waals surface area contributed by atoms with Gasteiger partial charge in [0.05, 0.1) is 0 Å². The normalized spacial score (nSPS) is 10.1. The molecule has 0 fully saturated rings. The average Bonchev–Trinajstić information content (AvgIpc) is 2.33. The average molecular weight is 237 g/mol. The predicted molar refractivity (Wildman–Crippen MR) is 66.4 cm³/mol. The Morgan fingerprint density at radius 3 is 2.41 bits per heavy atom. The van der Waals surface area contributed by atoms with Crippen LogP contribution < -0.4 is 4.74 Å². The van der Waals surface area contributed by atoms with Crippen molar-refractivity contribution < 1.29 is 14.6 Å². The molecule has 0 bridgehead atoms. The molecular weight excluding hydrogens is 218 g/mol. The number of amides is 1. The molecule has 1 rings (SSSR count). The lowest BCUT2D eigenvalue weighted by atomic mass is 10.1. The fourth-order valence-electron chi connectivity index (χ4n) is 1.51. The molecule has 0 heterocycles. The number of carbonyl (C=O) groups excluding carboxylic acids is 1. The fraction of sp³-hybridized carbons (Fsp3) is 0.462. The van der Waals surface area contributed by atoms with Crippen LogP contribution in [-0.4, -0.2) is 29.2 Å². The van der Waals surface area contributed by atoms with Crippen molar-refractivity contribution in [1.29, 1.82) is 0 Å². The van der Waals surface area contributed by atoms with E-state index >= 15 is 0 Å². The van der Waals surface area contributed by atoms with Gasteiger partial charge in [0, 0.05) is 13.1 Å². The van der Waals surface area contributed by atoms with Gasteiger partial charge in [-0.1, -0.05) is 13.0 Å². The standard InChI is InChI=1S/C13H19NO3/c1-4-10-7-8-12(11(15)9-10)17-13(16)14(5-2)6-3/h7-9,15H,4-6H2,1-3H3. The number of benzene rings is 1. The van der Waals surface area contributed by atoms with Crippen molar-refractivity contribution in [1.82, 2.24) is 4.90 Å². The molecule has 0 saturated heterocycles. The van der Waals surface area contributed by atoms with Crippen LogP contribution in [0.4, 0.5) is 4.79 Å². The minimum atomic E-state index is -0.436. The zero-order valence-corrected chi connectivity index (χ0v) is 10.6. The molecule has 0 radical (unpaired) electrons. The quantitative estimate of drug-likeness (QED) is 0.876. The van der Waals surface area contributed by atoms with Crippen molar-refractivity contribution in [3.05, 3.63) is 23.8 Å². The molecule has 94 valence electrons. The molecule has 0 aromatic heterocycles. The number of ether oxygens (including phenoxy) is 1. The van der Waals surface area contributed by atoms with Gasteiger partial charge in [-0.2, -0.15) is 0 Å². The lowest BCUT2D eigenvalue weighted by Crippen LogP contribution is -2.33. The fourth-order valence-corrected chi connectivity index (χ4v) is 1.51. The SMILES string of the molecule is CCc1ccc(OC(=O)N(CC)CC)c(O)c1. The third-order valence-electron chi connectivity index (χ3n) is 2.65. The number of phenolic OH excluding ortho intramolecular Hbond substituents is 1. The first-order chi connectivity index (χ1) is 8.12. The van der Waals surface area contributed by atoms with E-state index in [0.717, 1.165) is 12.0 Å². The van der Waals surface area contributed by atoms with Crippen molar-refractivity contribution in [3.8, 4) is 11.5 Å². The van der Waals surface area contributed by atoms with Gasteiger partial charge < -0.3 is 14.7 Å². The lowest BCUT2D eigenvalue weighted by molar-refractivity contribution is 0.155. The third-order valence-corrected chi connectivity index (χ3v) is 2.65. The van der Waals surface area contributed by atoms with Gasteiger partial charge in [-0.05, 0) is 38.0 Å². The highest BCUT2D eigenvalue weighted by atomic mass is 16.6. The van der Waals surface area contributed by atoms with Crippen LogP contribution in [0.1, 0.15) is 26.3 Å². The molecule has 17 heavy (non-hydrogen) atoms. The molecule has 4 nitrogen and oxygen atoms in total. The second-order valence-electron chi connectivity index (χ2n) is 3.70. The Morgan fingerprint density at radius 2 is 1.94 bits per heavy atom. The molecule has 0 spiro atoms. The Balaban J connectivity index is 2.78. The highest BCUT2D eigenvalue weighted by Crippen LogP contribution is 2.27. The van der Waals surface area contributed by atoms with E-state index in [0.29, 0.717) is 13.1 Å². The number of aromatic hydroxyl groups is 1. The predicted octanol–water partition coefficient (Wildman–Crippen LogP) is 2.80. The Labute approximate surface area is 102 Å². The maximum Gasteiger partial charge on any atom is 0.415 e. The zero-order chi connectivity index (χ0) is 12.8. The summed E-state index contributed by atoms with van der Waals surface area (Å²) in [4.78, 5) is 13.2. The van der Waals surface area contributed by atoms with E-state index < -0.39 is 6.09 Å². The van der Waals surface area contributed by atoms with E-state index in [2.05, 4.69) is 0 Å². The van der Waals surface area contributed by atoms with Crippen molar-refractivity contribution in [3.63, 3.8) is 0 Å². The van der Waals surface area contributed by atoms with E-state index in [9.17, 15) is 9.90 Å². The smallest absolute Gasteiger partial charge is 0.415 e. The minimum Gasteiger partial charge on any atom is -0.504 e. The van der Waals surface area contributed by atoms with Gasteiger partial charge in [0.2, 0.25) is 0 Å². The second kappa shape index (κ2) is 6.13. The van der Waals surface area contributed by atoms with Crippen LogP contribution >= 0.6 is 0 Å². The summed E-state index contributed by atoms with van der Waals surface area (Å²) in [6, 6.07) is 5.07. The maximum atomic E-state index is 11.7. The summed E-state index contributed by atoms with van der Waals surface area (Å²) >= 11 is 0. The van der Waals surface area contributed by atoms with E-state index in [1.54, 1.807) is 17.0 Å². The van der Waals surface area contributed by atoms with E-state index in [1.807, 2.05) is 26.8 Å². The molecule has 4 heteroatoms. The summed E-state index contributed by atoms with van der Waals surface area (Å²) in [5, 5.41) is 9.70. The van der Waals surface area contributed by atoms with Crippen LogP contribution in [0.2, 0.25) is 0 Å². The molecule has 1 aromatic carbocycles. The van der Waals surface area contributed by atoms with Crippen LogP contribution in [0.5, 0.6) is 11.5 Å². The van der Waals surface area contributed by atoms with Crippen molar-refractivity contribution in [2.24, 2.45) is 0 Å². The molecule has 0 aliphatic heterocycles. The van der Waals surface area contributed by atoms with Crippen LogP contribution in [0.25, 0.3) is 0 Å². The maximum absolute atomic E-state index is 11.7. The largest absolute Gasteiger partial charge is 0.504 e. The summed E-state index contributed by atoms with van der Waals surface area (Å²) in [6.45, 7) is 6.93. The number of hydrogen-bond acceptors (Lipinski definition) is 3. The lowest BCUT2D eigenvalue weighted by Gasteiger charge is -2.18. The van der Waals surface area contributed by atoms with Crippen LogP contribution in [0, 0.1) is 0 Å². The van der Waals surface area contributed by atoms with Crippen LogP contribution in [0.15, 0.2) is 18.2 Å². The zero-order valence-electron chi connectivity index (χ0n) is 10.6. The molecule has 0 aliphatic rings. The summed E-state index contributed by atoms with van der Waals surface area (Å²) in [5.74, 6) is 0.212. The Kier molecular flexibility index (Phi) is 4.82. The molecule has 1 aromatic rings. The van der Waals surface area contributed by atoms with Gasteiger partial charge in [-0.15, -0.1) is 0 Å². The Hall–Kier alpha value is -1.71. The number of aryl methyl sites for hydroxylation is 1. The van der Waals surface area contributed by atoms with Gasteiger partial charge in [0.25, 0.3) is 0 Å². The van der Waals surface area contributed by atoms with Gasteiger partial charge in [-0.3, -0.25) is 0 Å². The van der Waals surface area contributed by atoms with E-state index in [-0.39, 0.29) is 11.5 Å². The van der Waals surface area contributed by atoms with Crippen LogP contribution in [0.3, 0.4) is 0 Å². The monoisotopic (exact) mass is 237 g/mol. The number of phenols is 1. The summed E-state index contributed by atoms with van der Waals surface area (Å²) in [6.07, 6.45) is 0.396. The summed E-state index contributed by atoms with van der Waals surface area (Å²) in [7, 11) is 0. The van der Waals surface area contributed by atoms with Gasteiger partial charge in [-0.25, -0.2) is 4.79 Å². The molecule has 0 atom stereocenters. The van der Waals surface area contributed by atoms with E-state index in [1.165, 1.54) is 0 Å². The first-order valence-electron chi connectivity index (χ1n) is 5.90. The minimum absolute atomic E-state index is 0.00450. The molecular formula is C13H19NO3. The summed E-state index contributed by atoms with van der Waals surface area (Å²) in [5.41, 5.74) is 1.00. The number of hydrogen-bond donors (Lipinski definition) is 1. The number of nitrogens with zero attached hydrogens (tertiary/aromatic N) is 1. The van der Waals surface area contributed by atoms with E-state index in [4.69, 9.17) is 4.74 Å². The molecule has 1 N–H and O–H groups in total. The topological polar surface area (TPSA) is 49.8 Å². The van der Waals surface area contributed by atoms with Gasteiger partial charge >= 0.3 is 6.09 Å². The number of carbonyl (C=O) groups is 1. The van der Waals surface area contributed by atoms with Gasteiger partial charge in [0.1, 0.15) is 0 Å². The highest BCUT2D eigenvalue weighted by molar-refractivity contribution is 5.71. The van der Waals surface area contributed by atoms with Crippen molar-refractivity contribution in [2.75, 3.05) is 13.1 Å². The highest BCUT2D eigenvalue weighted by Gasteiger charge is 2.14. The van der Waals surface area contributed by atoms with Crippen molar-refractivity contribution in [2.45, 2.75) is 27.2 Å². The van der Waals surface area contributed by atoms with Crippen LogP contribution in [-0.2, 0) is 6.42 Å². The molecule has 0 unspecified atom stereocenters. The Morgan fingerprint density at radius 1 is 1.29 bits per heavy atom. The van der Waals surface area contributed by atoms with Crippen molar-refractivity contribution >= 4 is 6.09 Å².